The van der Waals surface area contributed by atoms with E-state index in [-0.39, 0.29) is 32.8 Å². The molecule has 0 saturated heterocycles. The minimum Gasteiger partial charge on any atom is -0.460 e. The lowest BCUT2D eigenvalue weighted by Crippen LogP contribution is -2.25. The van der Waals surface area contributed by atoms with E-state index < -0.39 is 18.0 Å². The van der Waals surface area contributed by atoms with Gasteiger partial charge in [-0.2, -0.15) is 0 Å². The molecule has 0 amide bonds. The molecule has 0 fully saturated rings. The van der Waals surface area contributed by atoms with Crippen molar-refractivity contribution in [1.82, 2.24) is 0 Å². The van der Waals surface area contributed by atoms with Crippen LogP contribution in [0.3, 0.4) is 0 Å². The highest BCUT2D eigenvalue weighted by molar-refractivity contribution is 5.81. The molecule has 1 N–H and O–H groups in total. The Bertz CT molecular complexity index is 286. The lowest BCUT2D eigenvalue weighted by Gasteiger charge is -2.16. The Morgan fingerprint density at radius 1 is 1.17 bits per heavy atom. The van der Waals surface area contributed by atoms with Crippen molar-refractivity contribution < 1.29 is 28.9 Å². The fourth-order valence-electron chi connectivity index (χ4n) is 1.01. The van der Waals surface area contributed by atoms with Crippen LogP contribution < -0.4 is 0 Å². The van der Waals surface area contributed by atoms with Crippen molar-refractivity contribution in [2.45, 2.75) is 12.5 Å². The third-order valence-corrected chi connectivity index (χ3v) is 1.84. The van der Waals surface area contributed by atoms with Gasteiger partial charge in [0.15, 0.2) is 0 Å². The van der Waals surface area contributed by atoms with Crippen molar-refractivity contribution >= 4 is 11.9 Å². The zero-order valence-corrected chi connectivity index (χ0v) is 10.2. The Morgan fingerprint density at radius 3 is 2.39 bits per heavy atom. The number of esters is 2. The van der Waals surface area contributed by atoms with E-state index in [1.54, 1.807) is 0 Å². The first-order valence-corrected chi connectivity index (χ1v) is 5.44. The highest BCUT2D eigenvalue weighted by Gasteiger charge is 2.12. The quantitative estimate of drug-likeness (QED) is 0.343. The standard InChI is InChI=1S/C12H18O6/c1-3-11(14)17-8-7-16-9-10(5-6-13)18-12(15)4-2/h3-4,10,13H,1-2,5-9H2. The van der Waals surface area contributed by atoms with Gasteiger partial charge < -0.3 is 19.3 Å². The van der Waals surface area contributed by atoms with E-state index in [1.165, 1.54) is 0 Å². The van der Waals surface area contributed by atoms with Crippen LogP contribution in [0.5, 0.6) is 0 Å². The first kappa shape index (κ1) is 16.3. The summed E-state index contributed by atoms with van der Waals surface area (Å²) in [6.07, 6.45) is 1.82. The summed E-state index contributed by atoms with van der Waals surface area (Å²) >= 11 is 0. The van der Waals surface area contributed by atoms with E-state index in [0.717, 1.165) is 12.2 Å². The molecule has 0 aliphatic rings. The van der Waals surface area contributed by atoms with E-state index in [0.29, 0.717) is 0 Å². The molecule has 6 heteroatoms. The molecule has 0 radical (unpaired) electrons. The second-order valence-corrected chi connectivity index (χ2v) is 3.22. The van der Waals surface area contributed by atoms with Crippen LogP contribution in [0.15, 0.2) is 25.3 Å². The highest BCUT2D eigenvalue weighted by Crippen LogP contribution is 2.00. The van der Waals surface area contributed by atoms with Crippen LogP contribution in [0, 0.1) is 0 Å². The molecule has 1 unspecified atom stereocenters. The van der Waals surface area contributed by atoms with Gasteiger partial charge in [-0.3, -0.25) is 0 Å². The van der Waals surface area contributed by atoms with Gasteiger partial charge in [0.05, 0.1) is 13.2 Å². The van der Waals surface area contributed by atoms with Crippen LogP contribution in [0.1, 0.15) is 6.42 Å². The Hall–Kier alpha value is -1.66. The SMILES string of the molecule is C=CC(=O)OCCOCC(CCO)OC(=O)C=C. The molecule has 0 bridgehead atoms. The van der Waals surface area contributed by atoms with Gasteiger partial charge in [-0.05, 0) is 0 Å². The zero-order valence-electron chi connectivity index (χ0n) is 10.2. The van der Waals surface area contributed by atoms with Crippen LogP contribution in [0.25, 0.3) is 0 Å². The summed E-state index contributed by atoms with van der Waals surface area (Å²) in [4.78, 5) is 21.6. The van der Waals surface area contributed by atoms with Gasteiger partial charge in [0, 0.05) is 25.2 Å². The molecule has 102 valence electrons. The molecule has 0 heterocycles. The molecule has 0 aliphatic carbocycles. The maximum absolute atomic E-state index is 11.0. The van der Waals surface area contributed by atoms with Crippen LogP contribution in [0.4, 0.5) is 0 Å². The molecule has 0 rings (SSSR count). The van der Waals surface area contributed by atoms with Gasteiger partial charge in [0.25, 0.3) is 0 Å². The predicted octanol–water partition coefficient (Wildman–Crippen LogP) is 0.212. The average Bonchev–Trinajstić information content (AvgIpc) is 2.37. The van der Waals surface area contributed by atoms with Gasteiger partial charge in [-0.1, -0.05) is 13.2 Å². The topological polar surface area (TPSA) is 82.1 Å². The molecule has 1 atom stereocenters. The number of carbonyl (C=O) groups excluding carboxylic acids is 2. The van der Waals surface area contributed by atoms with Gasteiger partial charge in [-0.15, -0.1) is 0 Å². The Kier molecular flexibility index (Phi) is 9.52. The summed E-state index contributed by atoms with van der Waals surface area (Å²) in [5.74, 6) is -1.10. The molecule has 18 heavy (non-hydrogen) atoms. The predicted molar refractivity (Wildman–Crippen MR) is 63.8 cm³/mol. The summed E-state index contributed by atoms with van der Waals surface area (Å²) in [6.45, 7) is 6.77. The van der Waals surface area contributed by atoms with Crippen molar-refractivity contribution in [2.24, 2.45) is 0 Å². The average molecular weight is 258 g/mol. The lowest BCUT2D eigenvalue weighted by molar-refractivity contribution is -0.147. The van der Waals surface area contributed by atoms with Crippen molar-refractivity contribution in [3.63, 3.8) is 0 Å². The van der Waals surface area contributed by atoms with Crippen molar-refractivity contribution in [1.29, 1.82) is 0 Å². The van der Waals surface area contributed by atoms with Crippen LogP contribution in [0.2, 0.25) is 0 Å². The largest absolute Gasteiger partial charge is 0.460 e. The maximum Gasteiger partial charge on any atom is 0.330 e. The zero-order chi connectivity index (χ0) is 13.8. The highest BCUT2D eigenvalue weighted by atomic mass is 16.6. The van der Waals surface area contributed by atoms with E-state index in [4.69, 9.17) is 14.6 Å². The second-order valence-electron chi connectivity index (χ2n) is 3.22. The van der Waals surface area contributed by atoms with E-state index >= 15 is 0 Å². The third-order valence-electron chi connectivity index (χ3n) is 1.84. The number of rotatable bonds is 10. The fraction of sp³-hybridized carbons (Fsp3) is 0.500. The molecule has 0 spiro atoms. The van der Waals surface area contributed by atoms with E-state index in [9.17, 15) is 9.59 Å². The molecule has 0 saturated carbocycles. The van der Waals surface area contributed by atoms with Crippen molar-refractivity contribution in [2.75, 3.05) is 26.4 Å². The summed E-state index contributed by atoms with van der Waals surface area (Å²) < 4.78 is 14.8. The van der Waals surface area contributed by atoms with Gasteiger partial charge in [0.2, 0.25) is 0 Å². The molecule has 0 aliphatic heterocycles. The molecule has 0 aromatic heterocycles. The first-order chi connectivity index (χ1) is 8.63. The molecular formula is C12H18O6. The number of hydrogen-bond donors (Lipinski definition) is 1. The number of aliphatic hydroxyl groups excluding tert-OH is 1. The number of aliphatic hydroxyl groups is 1. The minimum absolute atomic E-state index is 0.0894. The van der Waals surface area contributed by atoms with Crippen LogP contribution in [-0.4, -0.2) is 49.6 Å². The van der Waals surface area contributed by atoms with E-state index in [2.05, 4.69) is 17.9 Å². The summed E-state index contributed by atoms with van der Waals surface area (Å²) in [5.41, 5.74) is 0. The lowest BCUT2D eigenvalue weighted by atomic mass is 10.3. The second kappa shape index (κ2) is 10.5. The monoisotopic (exact) mass is 258 g/mol. The summed E-state index contributed by atoms with van der Waals surface area (Å²) in [5, 5.41) is 8.78. The molecular weight excluding hydrogens is 240 g/mol. The number of hydrogen-bond acceptors (Lipinski definition) is 6. The molecule has 0 aromatic rings. The minimum atomic E-state index is -0.574. The smallest absolute Gasteiger partial charge is 0.330 e. The molecule has 6 nitrogen and oxygen atoms in total. The summed E-state index contributed by atoms with van der Waals surface area (Å²) in [7, 11) is 0. The van der Waals surface area contributed by atoms with Gasteiger partial charge >= 0.3 is 11.9 Å². The van der Waals surface area contributed by atoms with Crippen LogP contribution in [-0.2, 0) is 23.8 Å². The van der Waals surface area contributed by atoms with Gasteiger partial charge in [-0.25, -0.2) is 9.59 Å². The molecule has 0 aromatic carbocycles. The third kappa shape index (κ3) is 8.49. The van der Waals surface area contributed by atoms with Crippen LogP contribution >= 0.6 is 0 Å². The number of carbonyl (C=O) groups is 2. The Labute approximate surface area is 106 Å². The maximum atomic E-state index is 11.0. The van der Waals surface area contributed by atoms with E-state index in [1.807, 2.05) is 0 Å². The normalized spacial score (nSPS) is 11.4. The Morgan fingerprint density at radius 2 is 1.83 bits per heavy atom. The number of ether oxygens (including phenoxy) is 3. The van der Waals surface area contributed by atoms with Crippen molar-refractivity contribution in [3.05, 3.63) is 25.3 Å². The summed E-state index contributed by atoms with van der Waals surface area (Å²) in [6, 6.07) is 0. The van der Waals surface area contributed by atoms with Gasteiger partial charge in [0.1, 0.15) is 12.7 Å². The fourth-order valence-corrected chi connectivity index (χ4v) is 1.01. The first-order valence-electron chi connectivity index (χ1n) is 5.44. The Balaban J connectivity index is 3.75. The van der Waals surface area contributed by atoms with Crippen molar-refractivity contribution in [3.8, 4) is 0 Å².